The van der Waals surface area contributed by atoms with E-state index in [1.54, 1.807) is 18.2 Å². The van der Waals surface area contributed by atoms with Crippen molar-refractivity contribution < 1.29 is 14.3 Å². The number of hydrogen-bond donors (Lipinski definition) is 1. The van der Waals surface area contributed by atoms with Crippen molar-refractivity contribution in [1.29, 1.82) is 0 Å². The summed E-state index contributed by atoms with van der Waals surface area (Å²) in [6, 6.07) is 13.5. The minimum atomic E-state index is 0.00869. The van der Waals surface area contributed by atoms with Crippen molar-refractivity contribution in [3.8, 4) is 5.75 Å². The molecule has 0 unspecified atom stereocenters. The number of benzene rings is 2. The number of morpholine rings is 1. The van der Waals surface area contributed by atoms with Gasteiger partial charge in [-0.05, 0) is 35.7 Å². The monoisotopic (exact) mass is 436 g/mol. The molecule has 0 radical (unpaired) electrons. The van der Waals surface area contributed by atoms with Crippen LogP contribution in [0.15, 0.2) is 42.5 Å². The van der Waals surface area contributed by atoms with Crippen LogP contribution in [0.5, 0.6) is 5.75 Å². The maximum absolute atomic E-state index is 12.1. The molecule has 1 saturated heterocycles. The minimum absolute atomic E-state index is 0.00869. The molecule has 0 bridgehead atoms. The Bertz CT molecular complexity index is 810. The van der Waals surface area contributed by atoms with Crippen LogP contribution in [-0.2, 0) is 22.6 Å². The molecule has 156 valence electrons. The third-order valence-electron chi connectivity index (χ3n) is 4.69. The van der Waals surface area contributed by atoms with Crippen molar-refractivity contribution in [1.82, 2.24) is 10.2 Å². The van der Waals surface area contributed by atoms with Gasteiger partial charge in [0.1, 0.15) is 5.75 Å². The Morgan fingerprint density at radius 2 is 1.90 bits per heavy atom. The van der Waals surface area contributed by atoms with Gasteiger partial charge in [-0.25, -0.2) is 0 Å². The Morgan fingerprint density at radius 3 is 2.69 bits per heavy atom. The zero-order valence-electron chi connectivity index (χ0n) is 16.3. The van der Waals surface area contributed by atoms with Gasteiger partial charge in [-0.3, -0.25) is 9.69 Å². The van der Waals surface area contributed by atoms with Gasteiger partial charge in [-0.15, -0.1) is 0 Å². The van der Waals surface area contributed by atoms with E-state index in [1.165, 1.54) is 5.56 Å². The smallest absolute Gasteiger partial charge is 0.220 e. The van der Waals surface area contributed by atoms with E-state index in [4.69, 9.17) is 32.7 Å². The van der Waals surface area contributed by atoms with Gasteiger partial charge in [-0.1, -0.05) is 47.5 Å². The first kappa shape index (κ1) is 21.9. The van der Waals surface area contributed by atoms with Gasteiger partial charge in [-0.2, -0.15) is 0 Å². The number of hydrogen-bond acceptors (Lipinski definition) is 4. The minimum Gasteiger partial charge on any atom is -0.492 e. The highest BCUT2D eigenvalue weighted by molar-refractivity contribution is 6.35. The number of ether oxygens (including phenoxy) is 2. The fourth-order valence-corrected chi connectivity index (χ4v) is 3.61. The van der Waals surface area contributed by atoms with Crippen molar-refractivity contribution in [2.24, 2.45) is 0 Å². The van der Waals surface area contributed by atoms with E-state index in [2.05, 4.69) is 22.3 Å². The van der Waals surface area contributed by atoms with Crippen molar-refractivity contribution in [2.75, 3.05) is 32.9 Å². The molecule has 1 amide bonds. The predicted octanol–water partition coefficient (Wildman–Crippen LogP) is 4.30. The molecule has 3 rings (SSSR count). The topological polar surface area (TPSA) is 50.8 Å². The number of rotatable bonds is 9. The molecule has 2 aromatic carbocycles. The molecule has 29 heavy (non-hydrogen) atoms. The van der Waals surface area contributed by atoms with Crippen LogP contribution in [0.4, 0.5) is 0 Å². The quantitative estimate of drug-likeness (QED) is 0.595. The Balaban J connectivity index is 1.36. The number of nitrogens with one attached hydrogen (secondary N) is 1. The molecule has 1 aliphatic heterocycles. The Kier molecular flexibility index (Phi) is 8.62. The van der Waals surface area contributed by atoms with Crippen molar-refractivity contribution in [2.45, 2.75) is 25.9 Å². The van der Waals surface area contributed by atoms with E-state index < -0.39 is 0 Å². The maximum atomic E-state index is 12.1. The van der Waals surface area contributed by atoms with Gasteiger partial charge in [0, 0.05) is 37.6 Å². The largest absolute Gasteiger partial charge is 0.492 e. The lowest BCUT2D eigenvalue weighted by Crippen LogP contribution is -2.35. The van der Waals surface area contributed by atoms with Crippen LogP contribution >= 0.6 is 23.2 Å². The Labute approximate surface area is 181 Å². The summed E-state index contributed by atoms with van der Waals surface area (Å²) in [6.07, 6.45) is 1.01. The molecular formula is C22H26Cl2N2O3. The third-order valence-corrected chi connectivity index (χ3v) is 5.22. The summed E-state index contributed by atoms with van der Waals surface area (Å²) < 4.78 is 11.0. The van der Waals surface area contributed by atoms with E-state index in [1.807, 2.05) is 12.1 Å². The van der Waals surface area contributed by atoms with Crippen LogP contribution in [0, 0.1) is 0 Å². The van der Waals surface area contributed by atoms with Gasteiger partial charge in [0.05, 0.1) is 24.8 Å². The summed E-state index contributed by atoms with van der Waals surface area (Å²) in [4.78, 5) is 14.5. The highest BCUT2D eigenvalue weighted by Crippen LogP contribution is 2.27. The van der Waals surface area contributed by atoms with Crippen LogP contribution < -0.4 is 10.1 Å². The molecule has 0 saturated carbocycles. The molecule has 5 nitrogen and oxygen atoms in total. The van der Waals surface area contributed by atoms with E-state index in [-0.39, 0.29) is 5.91 Å². The SMILES string of the molecule is O=C(CCCOc1ccc(Cl)cc1Cl)NCc1cccc(CN2CCOCC2)c1. The average Bonchev–Trinajstić information content (AvgIpc) is 2.72. The fourth-order valence-electron chi connectivity index (χ4n) is 3.15. The van der Waals surface area contributed by atoms with E-state index in [0.717, 1.165) is 38.4 Å². The first-order valence-corrected chi connectivity index (χ1v) is 10.6. The molecule has 0 atom stereocenters. The van der Waals surface area contributed by atoms with E-state index in [9.17, 15) is 4.79 Å². The molecular weight excluding hydrogens is 411 g/mol. The summed E-state index contributed by atoms with van der Waals surface area (Å²) in [6.45, 7) is 5.38. The molecule has 1 heterocycles. The van der Waals surface area contributed by atoms with Gasteiger partial charge < -0.3 is 14.8 Å². The van der Waals surface area contributed by atoms with Gasteiger partial charge in [0.2, 0.25) is 5.91 Å². The normalized spacial score (nSPS) is 14.6. The van der Waals surface area contributed by atoms with Crippen LogP contribution in [0.3, 0.4) is 0 Å². The number of halogens is 2. The fraction of sp³-hybridized carbons (Fsp3) is 0.409. The summed E-state index contributed by atoms with van der Waals surface area (Å²) >= 11 is 11.9. The lowest BCUT2D eigenvalue weighted by molar-refractivity contribution is -0.121. The standard InChI is InChI=1S/C22H26Cl2N2O3/c23-19-6-7-21(20(24)14-19)29-10-2-5-22(27)25-15-17-3-1-4-18(13-17)16-26-8-11-28-12-9-26/h1,3-4,6-7,13-14H,2,5,8-12,15-16H2,(H,25,27). The predicted molar refractivity (Wildman–Crippen MR) is 116 cm³/mol. The highest BCUT2D eigenvalue weighted by atomic mass is 35.5. The number of nitrogens with zero attached hydrogens (tertiary/aromatic N) is 1. The van der Waals surface area contributed by atoms with Crippen LogP contribution in [-0.4, -0.2) is 43.7 Å². The third kappa shape index (κ3) is 7.52. The van der Waals surface area contributed by atoms with E-state index in [0.29, 0.717) is 41.8 Å². The molecule has 2 aromatic rings. The summed E-state index contributed by atoms with van der Waals surface area (Å²) in [7, 11) is 0. The van der Waals surface area contributed by atoms with Gasteiger partial charge in [0.15, 0.2) is 0 Å². The van der Waals surface area contributed by atoms with Gasteiger partial charge >= 0.3 is 0 Å². The Hall–Kier alpha value is -1.79. The van der Waals surface area contributed by atoms with Crippen LogP contribution in [0.1, 0.15) is 24.0 Å². The summed E-state index contributed by atoms with van der Waals surface area (Å²) in [5.41, 5.74) is 2.36. The van der Waals surface area contributed by atoms with Crippen molar-refractivity contribution >= 4 is 29.1 Å². The second-order valence-corrected chi connectivity index (χ2v) is 7.86. The number of amides is 1. The van der Waals surface area contributed by atoms with Gasteiger partial charge in [0.25, 0.3) is 0 Å². The van der Waals surface area contributed by atoms with Crippen LogP contribution in [0.25, 0.3) is 0 Å². The first-order valence-electron chi connectivity index (χ1n) is 9.82. The maximum Gasteiger partial charge on any atom is 0.220 e. The average molecular weight is 437 g/mol. The molecule has 1 aliphatic rings. The first-order chi connectivity index (χ1) is 14.1. The molecule has 0 aliphatic carbocycles. The molecule has 0 spiro atoms. The zero-order valence-corrected chi connectivity index (χ0v) is 17.8. The number of carbonyl (C=O) groups excluding carboxylic acids is 1. The van der Waals surface area contributed by atoms with E-state index >= 15 is 0 Å². The second-order valence-electron chi connectivity index (χ2n) is 7.01. The van der Waals surface area contributed by atoms with Crippen molar-refractivity contribution in [3.63, 3.8) is 0 Å². The molecule has 1 fully saturated rings. The zero-order chi connectivity index (χ0) is 20.5. The summed E-state index contributed by atoms with van der Waals surface area (Å²) in [5, 5.41) is 4.01. The summed E-state index contributed by atoms with van der Waals surface area (Å²) in [5.74, 6) is 0.586. The lowest BCUT2D eigenvalue weighted by atomic mass is 10.1. The highest BCUT2D eigenvalue weighted by Gasteiger charge is 2.11. The second kappa shape index (κ2) is 11.4. The van der Waals surface area contributed by atoms with Crippen LogP contribution in [0.2, 0.25) is 10.0 Å². The molecule has 7 heteroatoms. The van der Waals surface area contributed by atoms with Crippen molar-refractivity contribution in [3.05, 3.63) is 63.6 Å². The number of carbonyl (C=O) groups is 1. The lowest BCUT2D eigenvalue weighted by Gasteiger charge is -2.26. The Morgan fingerprint density at radius 1 is 1.10 bits per heavy atom. The molecule has 1 N–H and O–H groups in total. The molecule has 0 aromatic heterocycles.